The molecule has 0 aromatic heterocycles. The number of benzene rings is 4. The number of aliphatic hydroxyl groups excluding tert-OH is 1. The zero-order chi connectivity index (χ0) is 37.0. The van der Waals surface area contributed by atoms with E-state index in [2.05, 4.69) is 5.43 Å². The van der Waals surface area contributed by atoms with Crippen LogP contribution in [0.25, 0.3) is 0 Å². The molecule has 2 aliphatic heterocycles. The normalized spacial score (nSPS) is 26.2. The molecule has 4 aromatic rings. The highest BCUT2D eigenvalue weighted by Crippen LogP contribution is 2.65. The molecule has 4 aliphatic rings. The van der Waals surface area contributed by atoms with Crippen LogP contribution < -0.4 is 20.5 Å². The fourth-order valence-corrected chi connectivity index (χ4v) is 9.18. The summed E-state index contributed by atoms with van der Waals surface area (Å²) in [5.74, 6) is -5.21. The number of rotatable bonds is 9. The lowest BCUT2D eigenvalue weighted by Crippen LogP contribution is -2.53. The molecule has 1 saturated carbocycles. The SMILES string of the molecule is Cc1ccc(NN2C(=O)[C@@H]3C[C@@H]4C(=CC[C@@H]5C(=O)N(c6cccc(B(O)O)c6)C(=O)[C@@H]54)[C@H](c4ccccc4OCCO)[C@]3(c3ccccc3)C2=O)cc1. The van der Waals surface area contributed by atoms with Crippen LogP contribution in [-0.2, 0) is 24.6 Å². The summed E-state index contributed by atoms with van der Waals surface area (Å²) in [5.41, 5.74) is 5.60. The van der Waals surface area contributed by atoms with Crippen LogP contribution in [0.3, 0.4) is 0 Å². The maximum absolute atomic E-state index is 15.4. The van der Waals surface area contributed by atoms with E-state index in [9.17, 15) is 29.5 Å². The lowest BCUT2D eigenvalue weighted by atomic mass is 9.49. The largest absolute Gasteiger partial charge is 0.491 e. The van der Waals surface area contributed by atoms with Crippen LogP contribution in [0.1, 0.15) is 35.4 Å². The highest BCUT2D eigenvalue weighted by atomic mass is 16.5. The molecule has 0 spiro atoms. The zero-order valence-corrected chi connectivity index (χ0v) is 29.0. The van der Waals surface area contributed by atoms with E-state index < -0.39 is 65.8 Å². The average Bonchev–Trinajstić information content (AvgIpc) is 3.56. The number of imide groups is 2. The third-order valence-corrected chi connectivity index (χ3v) is 11.4. The highest BCUT2D eigenvalue weighted by molar-refractivity contribution is 6.58. The molecule has 0 bridgehead atoms. The van der Waals surface area contributed by atoms with Gasteiger partial charge in [0.1, 0.15) is 12.4 Å². The topological polar surface area (TPSA) is 157 Å². The number of aryl methyl sites for hydroxylation is 1. The van der Waals surface area contributed by atoms with Gasteiger partial charge in [0, 0.05) is 11.5 Å². The van der Waals surface area contributed by atoms with E-state index in [4.69, 9.17) is 4.74 Å². The van der Waals surface area contributed by atoms with Crippen molar-refractivity contribution in [1.29, 1.82) is 0 Å². The predicted octanol–water partition coefficient (Wildman–Crippen LogP) is 3.24. The molecule has 2 aliphatic carbocycles. The molecule has 4 amide bonds. The molecule has 3 fully saturated rings. The Morgan fingerprint density at radius 3 is 2.32 bits per heavy atom. The Kier molecular flexibility index (Phi) is 8.76. The van der Waals surface area contributed by atoms with E-state index in [-0.39, 0.29) is 37.2 Å². The number of aliphatic hydroxyl groups is 1. The van der Waals surface area contributed by atoms with E-state index in [1.165, 1.54) is 12.1 Å². The fourth-order valence-electron chi connectivity index (χ4n) is 9.18. The van der Waals surface area contributed by atoms with Crippen molar-refractivity contribution in [2.45, 2.75) is 31.1 Å². The van der Waals surface area contributed by atoms with Gasteiger partial charge >= 0.3 is 7.12 Å². The standard InChI is InChI=1S/C41H38BN3O8/c1-24-14-16-27(17-15-24)43-45-38(48)33-23-32-29(18-19-31-35(32)39(49)44(37(31)47)28-11-7-10-26(22-28)42(51)52)36(30-12-5-6-13-34(30)53-21-20-46)41(33,40(45)50)25-8-3-2-4-9-25/h2-18,22,31-33,35-36,43,46,51-52H,19-21,23H2,1H3/t31-,32+,33-,35-,36+,41+/m0/s1. The van der Waals surface area contributed by atoms with Gasteiger partial charge in [-0.3, -0.25) is 29.5 Å². The Hall–Kier alpha value is -5.56. The molecule has 53 heavy (non-hydrogen) atoms. The molecule has 0 unspecified atom stereocenters. The summed E-state index contributed by atoms with van der Waals surface area (Å²) in [4.78, 5) is 60.1. The molecular formula is C41H38BN3O8. The monoisotopic (exact) mass is 711 g/mol. The molecule has 8 rings (SSSR count). The number of carbonyl (C=O) groups excluding carboxylic acids is 4. The summed E-state index contributed by atoms with van der Waals surface area (Å²) < 4.78 is 6.10. The summed E-state index contributed by atoms with van der Waals surface area (Å²) in [6.07, 6.45) is 2.31. The second-order valence-corrected chi connectivity index (χ2v) is 14.2. The second kappa shape index (κ2) is 13.5. The number of ether oxygens (including phenoxy) is 1. The smallest absolute Gasteiger partial charge is 0.488 e. The van der Waals surface area contributed by atoms with Crippen LogP contribution in [0.5, 0.6) is 5.75 Å². The quantitative estimate of drug-likeness (QED) is 0.116. The van der Waals surface area contributed by atoms with Crippen molar-refractivity contribution in [1.82, 2.24) is 5.01 Å². The Morgan fingerprint density at radius 2 is 1.58 bits per heavy atom. The Balaban J connectivity index is 1.31. The number of hydrogen-bond acceptors (Lipinski definition) is 9. The third kappa shape index (κ3) is 5.39. The Bertz CT molecular complexity index is 2140. The van der Waals surface area contributed by atoms with Crippen molar-refractivity contribution in [3.05, 3.63) is 131 Å². The molecule has 11 nitrogen and oxygen atoms in total. The summed E-state index contributed by atoms with van der Waals surface area (Å²) in [6, 6.07) is 30.0. The highest BCUT2D eigenvalue weighted by Gasteiger charge is 2.70. The van der Waals surface area contributed by atoms with Crippen molar-refractivity contribution in [3.8, 4) is 5.75 Å². The molecule has 2 saturated heterocycles. The minimum absolute atomic E-state index is 0.00377. The van der Waals surface area contributed by atoms with E-state index >= 15 is 4.79 Å². The molecule has 2 heterocycles. The van der Waals surface area contributed by atoms with E-state index in [0.29, 0.717) is 22.6 Å². The first-order valence-electron chi connectivity index (χ1n) is 17.8. The van der Waals surface area contributed by atoms with Crippen molar-refractivity contribution in [2.75, 3.05) is 23.5 Å². The number of nitrogens with one attached hydrogen (secondary N) is 1. The van der Waals surface area contributed by atoms with Gasteiger partial charge < -0.3 is 19.9 Å². The van der Waals surface area contributed by atoms with Crippen molar-refractivity contribution in [3.63, 3.8) is 0 Å². The van der Waals surface area contributed by atoms with Crippen LogP contribution in [0.4, 0.5) is 11.4 Å². The van der Waals surface area contributed by atoms with Crippen LogP contribution in [-0.4, -0.2) is 64.1 Å². The van der Waals surface area contributed by atoms with Crippen LogP contribution >= 0.6 is 0 Å². The van der Waals surface area contributed by atoms with E-state index in [1.54, 1.807) is 36.4 Å². The fraction of sp³-hybridized carbons (Fsp3) is 0.268. The summed E-state index contributed by atoms with van der Waals surface area (Å²) >= 11 is 0. The van der Waals surface area contributed by atoms with Gasteiger partial charge in [-0.25, -0.2) is 0 Å². The van der Waals surface area contributed by atoms with Gasteiger partial charge in [-0.2, -0.15) is 5.01 Å². The molecule has 4 aromatic carbocycles. The summed E-state index contributed by atoms with van der Waals surface area (Å²) in [5, 5.41) is 30.5. The third-order valence-electron chi connectivity index (χ3n) is 11.4. The second-order valence-electron chi connectivity index (χ2n) is 14.2. The lowest BCUT2D eigenvalue weighted by Gasteiger charge is -2.50. The van der Waals surface area contributed by atoms with Crippen molar-refractivity contribution in [2.24, 2.45) is 23.7 Å². The maximum atomic E-state index is 15.4. The summed E-state index contributed by atoms with van der Waals surface area (Å²) in [7, 11) is -1.79. The van der Waals surface area contributed by atoms with Crippen LogP contribution in [0.15, 0.2) is 115 Å². The first-order chi connectivity index (χ1) is 25.7. The molecule has 12 heteroatoms. The lowest BCUT2D eigenvalue weighted by molar-refractivity contribution is -0.138. The van der Waals surface area contributed by atoms with Gasteiger partial charge in [0.25, 0.3) is 11.8 Å². The molecule has 4 N–H and O–H groups in total. The number of amides is 4. The Labute approximate surface area is 306 Å². The maximum Gasteiger partial charge on any atom is 0.488 e. The van der Waals surface area contributed by atoms with Crippen LogP contribution in [0.2, 0.25) is 0 Å². The molecule has 6 atom stereocenters. The first kappa shape index (κ1) is 34.5. The number of hydrogen-bond donors (Lipinski definition) is 4. The predicted molar refractivity (Wildman–Crippen MR) is 197 cm³/mol. The number of anilines is 2. The van der Waals surface area contributed by atoms with Gasteiger partial charge in [0.05, 0.1) is 41.2 Å². The molecular weight excluding hydrogens is 673 g/mol. The van der Waals surface area contributed by atoms with Gasteiger partial charge in [-0.05, 0) is 67.0 Å². The zero-order valence-electron chi connectivity index (χ0n) is 29.0. The van der Waals surface area contributed by atoms with Gasteiger partial charge in [-0.1, -0.05) is 90.0 Å². The number of allylic oxidation sites excluding steroid dienone is 2. The number of nitrogens with zero attached hydrogens (tertiary/aromatic N) is 2. The van der Waals surface area contributed by atoms with E-state index in [0.717, 1.165) is 21.0 Å². The van der Waals surface area contributed by atoms with Crippen molar-refractivity contribution < 1.29 is 39.1 Å². The molecule has 0 radical (unpaired) electrons. The first-order valence-corrected chi connectivity index (χ1v) is 17.8. The molecule has 268 valence electrons. The Morgan fingerprint density at radius 1 is 0.849 bits per heavy atom. The van der Waals surface area contributed by atoms with Crippen molar-refractivity contribution >= 4 is 47.6 Å². The number of hydrazine groups is 1. The van der Waals surface area contributed by atoms with Crippen LogP contribution in [0, 0.1) is 30.6 Å². The minimum atomic E-state index is -1.79. The van der Waals surface area contributed by atoms with Gasteiger partial charge in [0.15, 0.2) is 0 Å². The number of fused-ring (bicyclic) bond motifs is 4. The number of para-hydroxylation sites is 1. The summed E-state index contributed by atoms with van der Waals surface area (Å²) in [6.45, 7) is 1.70. The average molecular weight is 712 g/mol. The van der Waals surface area contributed by atoms with Gasteiger partial charge in [-0.15, -0.1) is 0 Å². The minimum Gasteiger partial charge on any atom is -0.491 e. The number of carbonyl (C=O) groups is 4. The van der Waals surface area contributed by atoms with Gasteiger partial charge in [0.2, 0.25) is 11.8 Å². The van der Waals surface area contributed by atoms with E-state index in [1.807, 2.05) is 67.6 Å².